The number of para-hydroxylation sites is 2. The number of rotatable bonds is 6. The second-order valence-electron chi connectivity index (χ2n) is 7.04. The molecule has 0 fully saturated rings. The molecule has 1 atom stereocenters. The van der Waals surface area contributed by atoms with Crippen LogP contribution in [-0.4, -0.2) is 24.2 Å². The molecular formula is C24H20N2O4. The number of ether oxygens (including phenoxy) is 1. The Balaban J connectivity index is 1.46. The standard InChI is InChI=1S/C24H20N2O4/c1-15-19-13-16(11-12-20(19)26-23(15)28)21(27)14-30-22-10-6-5-9-18(22)24(29)25-17-7-3-2-4-8-17/h2-13,15H,14H2,1H3,(H,25,29)(H,26,28)/t15-/m1/s1. The fraction of sp³-hybridized carbons (Fsp3) is 0.125. The van der Waals surface area contributed by atoms with E-state index in [1.54, 1.807) is 61.5 Å². The van der Waals surface area contributed by atoms with E-state index in [0.29, 0.717) is 22.6 Å². The van der Waals surface area contributed by atoms with Crippen molar-refractivity contribution in [2.24, 2.45) is 0 Å². The van der Waals surface area contributed by atoms with Crippen LogP contribution in [0.2, 0.25) is 0 Å². The van der Waals surface area contributed by atoms with Gasteiger partial charge in [0.2, 0.25) is 5.91 Å². The van der Waals surface area contributed by atoms with Crippen LogP contribution in [-0.2, 0) is 4.79 Å². The van der Waals surface area contributed by atoms with Crippen molar-refractivity contribution in [3.63, 3.8) is 0 Å². The van der Waals surface area contributed by atoms with Crippen molar-refractivity contribution >= 4 is 29.0 Å². The normalized spacial score (nSPS) is 14.6. The number of ketones is 1. The second kappa shape index (κ2) is 8.21. The van der Waals surface area contributed by atoms with Crippen molar-refractivity contribution in [3.05, 3.63) is 89.5 Å². The molecule has 3 aromatic carbocycles. The summed E-state index contributed by atoms with van der Waals surface area (Å²) in [5.74, 6) is -0.603. The molecule has 1 aliphatic rings. The number of carbonyl (C=O) groups is 3. The molecule has 3 aromatic rings. The van der Waals surface area contributed by atoms with Crippen LogP contribution >= 0.6 is 0 Å². The highest BCUT2D eigenvalue weighted by atomic mass is 16.5. The Kier molecular flexibility index (Phi) is 5.30. The van der Waals surface area contributed by atoms with E-state index < -0.39 is 0 Å². The van der Waals surface area contributed by atoms with E-state index in [-0.39, 0.29) is 30.1 Å². The Morgan fingerprint density at radius 2 is 1.73 bits per heavy atom. The fourth-order valence-corrected chi connectivity index (χ4v) is 3.32. The van der Waals surface area contributed by atoms with Crippen molar-refractivity contribution in [3.8, 4) is 5.75 Å². The number of fused-ring (bicyclic) bond motifs is 1. The third-order valence-corrected chi connectivity index (χ3v) is 5.01. The van der Waals surface area contributed by atoms with Gasteiger partial charge in [-0.15, -0.1) is 0 Å². The molecule has 150 valence electrons. The number of hydrogen-bond acceptors (Lipinski definition) is 4. The molecule has 2 N–H and O–H groups in total. The van der Waals surface area contributed by atoms with E-state index in [4.69, 9.17) is 4.74 Å². The number of Topliss-reactive ketones (excluding diaryl/α,β-unsaturated/α-hetero) is 1. The second-order valence-corrected chi connectivity index (χ2v) is 7.04. The molecule has 1 heterocycles. The molecule has 30 heavy (non-hydrogen) atoms. The number of benzene rings is 3. The lowest BCUT2D eigenvalue weighted by atomic mass is 9.99. The van der Waals surface area contributed by atoms with Crippen molar-refractivity contribution in [1.82, 2.24) is 0 Å². The summed E-state index contributed by atoms with van der Waals surface area (Å²) >= 11 is 0. The lowest BCUT2D eigenvalue weighted by molar-refractivity contribution is -0.116. The van der Waals surface area contributed by atoms with Gasteiger partial charge in [0.25, 0.3) is 5.91 Å². The van der Waals surface area contributed by atoms with Gasteiger partial charge in [-0.1, -0.05) is 30.3 Å². The van der Waals surface area contributed by atoms with Crippen molar-refractivity contribution in [1.29, 1.82) is 0 Å². The van der Waals surface area contributed by atoms with Crippen LogP contribution < -0.4 is 15.4 Å². The Hall–Kier alpha value is -3.93. The molecule has 0 radical (unpaired) electrons. The molecule has 6 heteroatoms. The van der Waals surface area contributed by atoms with E-state index >= 15 is 0 Å². The minimum absolute atomic E-state index is 0.0794. The molecular weight excluding hydrogens is 380 g/mol. The van der Waals surface area contributed by atoms with E-state index in [1.165, 1.54) is 0 Å². The zero-order valence-corrected chi connectivity index (χ0v) is 16.3. The van der Waals surface area contributed by atoms with Gasteiger partial charge in [-0.3, -0.25) is 14.4 Å². The molecule has 0 aliphatic carbocycles. The minimum Gasteiger partial charge on any atom is -0.485 e. The zero-order valence-electron chi connectivity index (χ0n) is 16.3. The lowest BCUT2D eigenvalue weighted by Gasteiger charge is -2.12. The van der Waals surface area contributed by atoms with Crippen LogP contribution in [0.1, 0.15) is 39.1 Å². The van der Waals surface area contributed by atoms with E-state index in [2.05, 4.69) is 10.6 Å². The van der Waals surface area contributed by atoms with Crippen LogP contribution in [0.5, 0.6) is 5.75 Å². The van der Waals surface area contributed by atoms with Crippen LogP contribution in [0.25, 0.3) is 0 Å². The quantitative estimate of drug-likeness (QED) is 0.606. The van der Waals surface area contributed by atoms with Gasteiger partial charge in [0, 0.05) is 16.9 Å². The highest BCUT2D eigenvalue weighted by molar-refractivity contribution is 6.07. The van der Waals surface area contributed by atoms with E-state index in [0.717, 1.165) is 11.3 Å². The minimum atomic E-state index is -0.319. The first-order valence-corrected chi connectivity index (χ1v) is 9.59. The average Bonchev–Trinajstić information content (AvgIpc) is 3.06. The topological polar surface area (TPSA) is 84.5 Å². The number of amides is 2. The van der Waals surface area contributed by atoms with Crippen molar-refractivity contribution < 1.29 is 19.1 Å². The zero-order chi connectivity index (χ0) is 21.1. The van der Waals surface area contributed by atoms with E-state index in [9.17, 15) is 14.4 Å². The molecule has 0 saturated heterocycles. The largest absolute Gasteiger partial charge is 0.485 e. The highest BCUT2D eigenvalue weighted by Crippen LogP contribution is 2.32. The number of anilines is 2. The van der Waals surface area contributed by atoms with Gasteiger partial charge >= 0.3 is 0 Å². The first kappa shape index (κ1) is 19.4. The molecule has 0 aromatic heterocycles. The summed E-state index contributed by atoms with van der Waals surface area (Å²) in [5, 5.41) is 5.60. The number of hydrogen-bond donors (Lipinski definition) is 2. The summed E-state index contributed by atoms with van der Waals surface area (Å²) in [6, 6.07) is 21.0. The summed E-state index contributed by atoms with van der Waals surface area (Å²) in [6.07, 6.45) is 0. The predicted octanol–water partition coefficient (Wildman–Crippen LogP) is 4.26. The summed E-state index contributed by atoms with van der Waals surface area (Å²) < 4.78 is 5.69. The summed E-state index contributed by atoms with van der Waals surface area (Å²) in [6.45, 7) is 1.58. The summed E-state index contributed by atoms with van der Waals surface area (Å²) in [7, 11) is 0. The van der Waals surface area contributed by atoms with E-state index in [1.807, 2.05) is 18.2 Å². The molecule has 4 rings (SSSR count). The Labute approximate surface area is 173 Å². The monoisotopic (exact) mass is 400 g/mol. The van der Waals surface area contributed by atoms with Gasteiger partial charge in [-0.2, -0.15) is 0 Å². The maximum Gasteiger partial charge on any atom is 0.259 e. The first-order chi connectivity index (χ1) is 14.5. The number of carbonyl (C=O) groups excluding carboxylic acids is 3. The lowest BCUT2D eigenvalue weighted by Crippen LogP contribution is -2.16. The molecule has 2 amide bonds. The van der Waals surface area contributed by atoms with Gasteiger partial charge in [-0.05, 0) is 55.0 Å². The Morgan fingerprint density at radius 1 is 1.00 bits per heavy atom. The van der Waals surface area contributed by atoms with Gasteiger partial charge in [-0.25, -0.2) is 0 Å². The van der Waals surface area contributed by atoms with Crippen LogP contribution in [0.15, 0.2) is 72.8 Å². The predicted molar refractivity (Wildman–Crippen MR) is 114 cm³/mol. The Bertz CT molecular complexity index is 1130. The SMILES string of the molecule is C[C@H]1C(=O)Nc2ccc(C(=O)COc3ccccc3C(=O)Nc3ccccc3)cc21. The molecule has 0 unspecified atom stereocenters. The molecule has 6 nitrogen and oxygen atoms in total. The fourth-order valence-electron chi connectivity index (χ4n) is 3.32. The molecule has 0 saturated carbocycles. The van der Waals surface area contributed by atoms with Gasteiger partial charge in [0.15, 0.2) is 12.4 Å². The van der Waals surface area contributed by atoms with Gasteiger partial charge in [0.05, 0.1) is 11.5 Å². The van der Waals surface area contributed by atoms with Crippen LogP contribution in [0.3, 0.4) is 0 Å². The third kappa shape index (κ3) is 3.93. The molecule has 0 spiro atoms. The average molecular weight is 400 g/mol. The third-order valence-electron chi connectivity index (χ3n) is 5.01. The van der Waals surface area contributed by atoms with Gasteiger partial charge < -0.3 is 15.4 Å². The molecule has 1 aliphatic heterocycles. The van der Waals surface area contributed by atoms with Crippen LogP contribution in [0.4, 0.5) is 11.4 Å². The highest BCUT2D eigenvalue weighted by Gasteiger charge is 2.27. The van der Waals surface area contributed by atoms with Crippen molar-refractivity contribution in [2.45, 2.75) is 12.8 Å². The van der Waals surface area contributed by atoms with Gasteiger partial charge in [0.1, 0.15) is 5.75 Å². The smallest absolute Gasteiger partial charge is 0.259 e. The molecule has 0 bridgehead atoms. The van der Waals surface area contributed by atoms with Crippen molar-refractivity contribution in [2.75, 3.05) is 17.2 Å². The Morgan fingerprint density at radius 3 is 2.53 bits per heavy atom. The van der Waals surface area contributed by atoms with Crippen LogP contribution in [0, 0.1) is 0 Å². The maximum absolute atomic E-state index is 12.6. The maximum atomic E-state index is 12.6. The summed E-state index contributed by atoms with van der Waals surface area (Å²) in [5.41, 5.74) is 3.00. The first-order valence-electron chi connectivity index (χ1n) is 9.59. The summed E-state index contributed by atoms with van der Waals surface area (Å²) in [4.78, 5) is 37.1. The number of nitrogens with one attached hydrogen (secondary N) is 2.